The molecule has 110 valence electrons. The van der Waals surface area contributed by atoms with E-state index in [0.717, 1.165) is 10.4 Å². The molecule has 0 aliphatic rings. The molecule has 4 N–H and O–H groups in total. The van der Waals surface area contributed by atoms with Crippen LogP contribution in [0.4, 0.5) is 5.69 Å². The van der Waals surface area contributed by atoms with E-state index in [1.807, 2.05) is 18.4 Å². The van der Waals surface area contributed by atoms with Gasteiger partial charge in [0.15, 0.2) is 0 Å². The average Bonchev–Trinajstić information content (AvgIpc) is 2.88. The van der Waals surface area contributed by atoms with E-state index in [1.54, 1.807) is 35.6 Å². The Hall–Kier alpha value is -2.34. The summed E-state index contributed by atoms with van der Waals surface area (Å²) in [5, 5.41) is 7.34. The van der Waals surface area contributed by atoms with E-state index in [2.05, 4.69) is 10.6 Å². The molecular weight excluding hydrogens is 286 g/mol. The minimum Gasteiger partial charge on any atom is -0.399 e. The van der Waals surface area contributed by atoms with Crippen molar-refractivity contribution in [3.8, 4) is 0 Å². The van der Waals surface area contributed by atoms with Crippen LogP contribution in [-0.2, 0) is 11.3 Å². The van der Waals surface area contributed by atoms with Gasteiger partial charge in [0.1, 0.15) is 0 Å². The Labute approximate surface area is 127 Å². The standard InChI is InChI=1S/C15H17N3O2S/c1-10-6-7-21-13(10)8-17-14(19)9-18-15(20)11-2-4-12(16)5-3-11/h2-7H,8-9,16H2,1H3,(H,17,19)(H,18,20). The molecule has 0 saturated carbocycles. The van der Waals surface area contributed by atoms with Crippen molar-refractivity contribution in [3.05, 3.63) is 51.7 Å². The number of aryl methyl sites for hydroxylation is 1. The van der Waals surface area contributed by atoms with Gasteiger partial charge in [-0.25, -0.2) is 0 Å². The molecule has 0 aliphatic carbocycles. The molecule has 21 heavy (non-hydrogen) atoms. The summed E-state index contributed by atoms with van der Waals surface area (Å²) in [4.78, 5) is 24.6. The first-order valence-electron chi connectivity index (χ1n) is 6.49. The van der Waals surface area contributed by atoms with Gasteiger partial charge in [-0.15, -0.1) is 11.3 Å². The Bertz CT molecular complexity index is 635. The van der Waals surface area contributed by atoms with Crippen LogP contribution in [0.1, 0.15) is 20.8 Å². The lowest BCUT2D eigenvalue weighted by Gasteiger charge is -2.07. The summed E-state index contributed by atoms with van der Waals surface area (Å²) in [5.74, 6) is -0.510. The monoisotopic (exact) mass is 303 g/mol. The molecule has 1 aromatic heterocycles. The summed E-state index contributed by atoms with van der Waals surface area (Å²) in [5.41, 5.74) is 7.78. The molecule has 0 saturated heterocycles. The van der Waals surface area contributed by atoms with Crippen molar-refractivity contribution in [2.45, 2.75) is 13.5 Å². The number of carbonyl (C=O) groups excluding carboxylic acids is 2. The molecule has 0 fully saturated rings. The van der Waals surface area contributed by atoms with Gasteiger partial charge in [0.2, 0.25) is 5.91 Å². The van der Waals surface area contributed by atoms with Gasteiger partial charge in [0.05, 0.1) is 13.1 Å². The minimum atomic E-state index is -0.294. The van der Waals surface area contributed by atoms with Gasteiger partial charge in [-0.1, -0.05) is 0 Å². The van der Waals surface area contributed by atoms with Crippen LogP contribution < -0.4 is 16.4 Å². The summed E-state index contributed by atoms with van der Waals surface area (Å²) < 4.78 is 0. The lowest BCUT2D eigenvalue weighted by molar-refractivity contribution is -0.120. The largest absolute Gasteiger partial charge is 0.399 e. The number of nitrogens with one attached hydrogen (secondary N) is 2. The number of anilines is 1. The molecule has 2 aromatic rings. The van der Waals surface area contributed by atoms with E-state index in [1.165, 1.54) is 0 Å². The van der Waals surface area contributed by atoms with E-state index in [-0.39, 0.29) is 18.4 Å². The number of hydrogen-bond acceptors (Lipinski definition) is 4. The molecule has 0 unspecified atom stereocenters. The first-order valence-corrected chi connectivity index (χ1v) is 7.37. The second-order valence-electron chi connectivity index (χ2n) is 4.61. The fourth-order valence-corrected chi connectivity index (χ4v) is 2.57. The molecular formula is C15H17N3O2S. The Balaban J connectivity index is 1.77. The van der Waals surface area contributed by atoms with Crippen LogP contribution in [-0.4, -0.2) is 18.4 Å². The number of carbonyl (C=O) groups is 2. The third-order valence-corrected chi connectivity index (χ3v) is 4.02. The molecule has 0 aliphatic heterocycles. The summed E-state index contributed by atoms with van der Waals surface area (Å²) in [6.45, 7) is 2.44. The summed E-state index contributed by atoms with van der Waals surface area (Å²) >= 11 is 1.60. The zero-order valence-electron chi connectivity index (χ0n) is 11.7. The second-order valence-corrected chi connectivity index (χ2v) is 5.61. The number of nitrogen functional groups attached to an aromatic ring is 1. The first-order chi connectivity index (χ1) is 10.1. The van der Waals surface area contributed by atoms with Gasteiger partial charge in [-0.2, -0.15) is 0 Å². The summed E-state index contributed by atoms with van der Waals surface area (Å²) in [6, 6.07) is 8.55. The SMILES string of the molecule is Cc1ccsc1CNC(=O)CNC(=O)c1ccc(N)cc1. The van der Waals surface area contributed by atoms with E-state index in [4.69, 9.17) is 5.73 Å². The molecule has 5 nitrogen and oxygen atoms in total. The quantitative estimate of drug-likeness (QED) is 0.735. The fraction of sp³-hybridized carbons (Fsp3) is 0.200. The predicted molar refractivity (Wildman–Crippen MR) is 84.1 cm³/mol. The third-order valence-electron chi connectivity index (χ3n) is 3.00. The predicted octanol–water partition coefficient (Wildman–Crippen LogP) is 1.68. The third kappa shape index (κ3) is 4.32. The van der Waals surface area contributed by atoms with Crippen molar-refractivity contribution >= 4 is 28.8 Å². The van der Waals surface area contributed by atoms with Crippen molar-refractivity contribution in [1.29, 1.82) is 0 Å². The highest BCUT2D eigenvalue weighted by Gasteiger charge is 2.08. The molecule has 6 heteroatoms. The highest BCUT2D eigenvalue weighted by Crippen LogP contribution is 2.14. The van der Waals surface area contributed by atoms with Crippen LogP contribution >= 0.6 is 11.3 Å². The van der Waals surface area contributed by atoms with Gasteiger partial charge in [-0.3, -0.25) is 9.59 Å². The van der Waals surface area contributed by atoms with E-state index < -0.39 is 0 Å². The molecule has 2 rings (SSSR count). The molecule has 0 spiro atoms. The Morgan fingerprint density at radius 1 is 1.14 bits per heavy atom. The highest BCUT2D eigenvalue weighted by atomic mass is 32.1. The van der Waals surface area contributed by atoms with Crippen LogP contribution in [0, 0.1) is 6.92 Å². The average molecular weight is 303 g/mol. The minimum absolute atomic E-state index is 0.0480. The normalized spacial score (nSPS) is 10.1. The Kier molecular flexibility index (Phi) is 4.94. The number of benzene rings is 1. The van der Waals surface area contributed by atoms with Crippen LogP contribution in [0.2, 0.25) is 0 Å². The first kappa shape index (κ1) is 15.1. The molecule has 2 amide bonds. The number of amides is 2. The summed E-state index contributed by atoms with van der Waals surface area (Å²) in [6.07, 6.45) is 0. The van der Waals surface area contributed by atoms with Crippen molar-refractivity contribution in [2.75, 3.05) is 12.3 Å². The van der Waals surface area contributed by atoms with Crippen molar-refractivity contribution in [3.63, 3.8) is 0 Å². The molecule has 0 radical (unpaired) electrons. The Morgan fingerprint density at radius 3 is 2.48 bits per heavy atom. The molecule has 0 bridgehead atoms. The van der Waals surface area contributed by atoms with Crippen molar-refractivity contribution < 1.29 is 9.59 Å². The van der Waals surface area contributed by atoms with E-state index in [9.17, 15) is 9.59 Å². The number of hydrogen-bond donors (Lipinski definition) is 3. The number of thiophene rings is 1. The van der Waals surface area contributed by atoms with Crippen LogP contribution in [0.5, 0.6) is 0 Å². The lowest BCUT2D eigenvalue weighted by atomic mass is 10.2. The van der Waals surface area contributed by atoms with Gasteiger partial charge in [0.25, 0.3) is 5.91 Å². The van der Waals surface area contributed by atoms with E-state index in [0.29, 0.717) is 17.8 Å². The fourth-order valence-electron chi connectivity index (χ4n) is 1.72. The summed E-state index contributed by atoms with van der Waals surface area (Å²) in [7, 11) is 0. The van der Waals surface area contributed by atoms with Crippen molar-refractivity contribution in [2.24, 2.45) is 0 Å². The molecule has 0 atom stereocenters. The number of rotatable bonds is 5. The van der Waals surface area contributed by atoms with Gasteiger partial charge < -0.3 is 16.4 Å². The zero-order valence-corrected chi connectivity index (χ0v) is 12.5. The lowest BCUT2D eigenvalue weighted by Crippen LogP contribution is -2.36. The van der Waals surface area contributed by atoms with Gasteiger partial charge >= 0.3 is 0 Å². The van der Waals surface area contributed by atoms with Crippen LogP contribution in [0.3, 0.4) is 0 Å². The smallest absolute Gasteiger partial charge is 0.251 e. The number of nitrogens with two attached hydrogens (primary N) is 1. The maximum atomic E-state index is 11.8. The van der Waals surface area contributed by atoms with E-state index >= 15 is 0 Å². The molecule has 1 aromatic carbocycles. The van der Waals surface area contributed by atoms with Gasteiger partial charge in [-0.05, 0) is 48.2 Å². The molecule has 1 heterocycles. The van der Waals surface area contributed by atoms with Gasteiger partial charge in [0, 0.05) is 16.1 Å². The van der Waals surface area contributed by atoms with Crippen LogP contribution in [0.25, 0.3) is 0 Å². The Morgan fingerprint density at radius 2 is 1.86 bits per heavy atom. The second kappa shape index (κ2) is 6.90. The maximum Gasteiger partial charge on any atom is 0.251 e. The van der Waals surface area contributed by atoms with Crippen molar-refractivity contribution in [1.82, 2.24) is 10.6 Å². The maximum absolute atomic E-state index is 11.8. The van der Waals surface area contributed by atoms with Crippen LogP contribution in [0.15, 0.2) is 35.7 Å². The zero-order chi connectivity index (χ0) is 15.2. The highest BCUT2D eigenvalue weighted by molar-refractivity contribution is 7.10. The topological polar surface area (TPSA) is 84.2 Å².